The number of anilines is 1. The van der Waals surface area contributed by atoms with E-state index in [1.807, 2.05) is 10.3 Å². The first-order valence-electron chi connectivity index (χ1n) is 9.85. The van der Waals surface area contributed by atoms with Crippen molar-refractivity contribution in [1.29, 1.82) is 0 Å². The summed E-state index contributed by atoms with van der Waals surface area (Å²) in [5.74, 6) is -0.466. The van der Waals surface area contributed by atoms with Gasteiger partial charge in [0.25, 0.3) is 5.69 Å². The number of benzene rings is 2. The van der Waals surface area contributed by atoms with Gasteiger partial charge in [0.1, 0.15) is 5.82 Å². The van der Waals surface area contributed by atoms with E-state index in [0.717, 1.165) is 22.5 Å². The number of rotatable bonds is 6. The maximum absolute atomic E-state index is 13.7. The number of thiazole rings is 1. The molecule has 32 heavy (non-hydrogen) atoms. The van der Waals surface area contributed by atoms with Crippen LogP contribution < -0.4 is 4.90 Å². The van der Waals surface area contributed by atoms with Crippen LogP contribution in [0.15, 0.2) is 52.7 Å². The molecule has 2 heterocycles. The van der Waals surface area contributed by atoms with Gasteiger partial charge in [-0.3, -0.25) is 10.1 Å². The fourth-order valence-electron chi connectivity index (χ4n) is 3.71. The highest BCUT2D eigenvalue weighted by molar-refractivity contribution is 7.92. The lowest BCUT2D eigenvalue weighted by molar-refractivity contribution is -0.385. The Kier molecular flexibility index (Phi) is 6.45. The van der Waals surface area contributed by atoms with Gasteiger partial charge in [-0.2, -0.15) is 0 Å². The summed E-state index contributed by atoms with van der Waals surface area (Å²) in [5, 5.41) is 13.2. The summed E-state index contributed by atoms with van der Waals surface area (Å²) in [5.41, 5.74) is 1.34. The van der Waals surface area contributed by atoms with Gasteiger partial charge in [0.05, 0.1) is 25.8 Å². The minimum absolute atomic E-state index is 0.0168. The van der Waals surface area contributed by atoms with E-state index in [2.05, 4.69) is 4.98 Å². The van der Waals surface area contributed by atoms with Gasteiger partial charge in [0.15, 0.2) is 15.0 Å². The first kappa shape index (κ1) is 22.6. The van der Waals surface area contributed by atoms with Gasteiger partial charge in [-0.05, 0) is 36.6 Å². The molecular weight excluding hydrogens is 477 g/mol. The Labute approximate surface area is 193 Å². The van der Waals surface area contributed by atoms with Crippen molar-refractivity contribution in [2.75, 3.05) is 18.0 Å². The topological polar surface area (TPSA) is 93.4 Å². The van der Waals surface area contributed by atoms with Gasteiger partial charge < -0.3 is 4.90 Å². The maximum Gasteiger partial charge on any atom is 0.270 e. The van der Waals surface area contributed by atoms with Crippen LogP contribution in [0.4, 0.5) is 15.2 Å². The molecule has 168 valence electrons. The van der Waals surface area contributed by atoms with Gasteiger partial charge in [-0.15, -0.1) is 11.3 Å². The summed E-state index contributed by atoms with van der Waals surface area (Å²) < 4.78 is 39.6. The fraction of sp³-hybridized carbons (Fsp3) is 0.286. The van der Waals surface area contributed by atoms with E-state index >= 15 is 0 Å². The van der Waals surface area contributed by atoms with E-state index in [9.17, 15) is 22.9 Å². The van der Waals surface area contributed by atoms with E-state index in [1.54, 1.807) is 6.07 Å². The Morgan fingerprint density at radius 2 is 1.97 bits per heavy atom. The molecule has 0 amide bonds. The van der Waals surface area contributed by atoms with E-state index < -0.39 is 25.8 Å². The molecule has 1 aliphatic rings. The standard InChI is InChI=1S/C21H19ClFN3O4S2/c22-19-5-4-14(11-20(19)23)10-15-13-31-21(24-15)25-8-6-17(7-9-25)32(29,30)18-3-1-2-16(12-18)26(27)28/h1-5,11-13,17H,6-10H2. The molecule has 11 heteroatoms. The van der Waals surface area contributed by atoms with Crippen molar-refractivity contribution in [2.45, 2.75) is 29.4 Å². The second-order valence-corrected chi connectivity index (χ2v) is 11.0. The van der Waals surface area contributed by atoms with Gasteiger partial charge in [0.2, 0.25) is 0 Å². The summed E-state index contributed by atoms with van der Waals surface area (Å²) in [4.78, 5) is 17.0. The van der Waals surface area contributed by atoms with E-state index in [1.165, 1.54) is 41.7 Å². The normalized spacial score (nSPS) is 15.1. The third-order valence-corrected chi connectivity index (χ3v) is 8.93. The number of piperidine rings is 1. The summed E-state index contributed by atoms with van der Waals surface area (Å²) in [7, 11) is -3.66. The smallest absolute Gasteiger partial charge is 0.270 e. The highest BCUT2D eigenvalue weighted by Crippen LogP contribution is 2.30. The third-order valence-electron chi connectivity index (χ3n) is 5.42. The van der Waals surface area contributed by atoms with Crippen molar-refractivity contribution in [3.05, 3.63) is 80.1 Å². The van der Waals surface area contributed by atoms with Gasteiger partial charge in [-0.25, -0.2) is 17.8 Å². The van der Waals surface area contributed by atoms with Crippen LogP contribution >= 0.6 is 22.9 Å². The SMILES string of the molecule is O=[N+]([O-])c1cccc(S(=O)(=O)C2CCN(c3nc(Cc4ccc(Cl)c(F)c4)cs3)CC2)c1. The highest BCUT2D eigenvalue weighted by atomic mass is 35.5. The lowest BCUT2D eigenvalue weighted by atomic mass is 10.1. The van der Waals surface area contributed by atoms with E-state index in [4.69, 9.17) is 11.6 Å². The Morgan fingerprint density at radius 3 is 2.66 bits per heavy atom. The van der Waals surface area contributed by atoms with Crippen molar-refractivity contribution in [1.82, 2.24) is 4.98 Å². The minimum atomic E-state index is -3.66. The Morgan fingerprint density at radius 1 is 1.22 bits per heavy atom. The van der Waals surface area contributed by atoms with Crippen LogP contribution in [0.2, 0.25) is 5.02 Å². The summed E-state index contributed by atoms with van der Waals surface area (Å²) in [6.07, 6.45) is 1.28. The fourth-order valence-corrected chi connectivity index (χ4v) is 6.47. The maximum atomic E-state index is 13.7. The van der Waals surface area contributed by atoms with Crippen LogP contribution in [0, 0.1) is 15.9 Å². The zero-order chi connectivity index (χ0) is 22.9. The molecule has 4 rings (SSSR count). The number of nitro benzene ring substituents is 1. The van der Waals surface area contributed by atoms with Crippen LogP contribution in [0.1, 0.15) is 24.1 Å². The molecule has 0 unspecified atom stereocenters. The molecule has 0 bridgehead atoms. The molecule has 0 aliphatic carbocycles. The molecular formula is C21H19ClFN3O4S2. The second kappa shape index (κ2) is 9.13. The van der Waals surface area contributed by atoms with Crippen LogP contribution in [0.5, 0.6) is 0 Å². The third kappa shape index (κ3) is 4.77. The number of hydrogen-bond donors (Lipinski definition) is 0. The lowest BCUT2D eigenvalue weighted by Gasteiger charge is -2.31. The van der Waals surface area contributed by atoms with Crippen LogP contribution in [0.25, 0.3) is 0 Å². The van der Waals surface area contributed by atoms with E-state index in [-0.39, 0.29) is 15.6 Å². The number of aromatic nitrogens is 1. The molecule has 1 aliphatic heterocycles. The molecule has 7 nitrogen and oxygen atoms in total. The van der Waals surface area contributed by atoms with Crippen molar-refractivity contribution < 1.29 is 17.7 Å². The van der Waals surface area contributed by atoms with Crippen LogP contribution in [-0.4, -0.2) is 36.7 Å². The minimum Gasteiger partial charge on any atom is -0.348 e. The van der Waals surface area contributed by atoms with Crippen molar-refractivity contribution in [3.8, 4) is 0 Å². The molecule has 0 N–H and O–H groups in total. The number of nitrogens with zero attached hydrogens (tertiary/aromatic N) is 3. The van der Waals surface area contributed by atoms with Crippen LogP contribution in [0.3, 0.4) is 0 Å². The Hall–Kier alpha value is -2.56. The van der Waals surface area contributed by atoms with Gasteiger partial charge in [0, 0.05) is 37.0 Å². The summed E-state index contributed by atoms with van der Waals surface area (Å²) in [6.45, 7) is 1.03. The first-order valence-corrected chi connectivity index (χ1v) is 12.7. The van der Waals surface area contributed by atoms with Gasteiger partial charge >= 0.3 is 0 Å². The molecule has 0 atom stereocenters. The number of nitro groups is 1. The Bertz CT molecular complexity index is 1260. The molecule has 0 radical (unpaired) electrons. The predicted molar refractivity (Wildman–Crippen MR) is 122 cm³/mol. The first-order chi connectivity index (χ1) is 15.2. The Balaban J connectivity index is 1.41. The quantitative estimate of drug-likeness (QED) is 0.357. The monoisotopic (exact) mass is 495 g/mol. The van der Waals surface area contributed by atoms with E-state index in [0.29, 0.717) is 32.4 Å². The molecule has 0 spiro atoms. The van der Waals surface area contributed by atoms with Crippen molar-refractivity contribution in [3.63, 3.8) is 0 Å². The van der Waals surface area contributed by atoms with Crippen molar-refractivity contribution in [2.24, 2.45) is 0 Å². The largest absolute Gasteiger partial charge is 0.348 e. The molecule has 0 saturated carbocycles. The number of hydrogen-bond acceptors (Lipinski definition) is 7. The van der Waals surface area contributed by atoms with Gasteiger partial charge in [-0.1, -0.05) is 23.7 Å². The summed E-state index contributed by atoms with van der Waals surface area (Å²) in [6, 6.07) is 9.87. The lowest BCUT2D eigenvalue weighted by Crippen LogP contribution is -2.39. The average Bonchev–Trinajstić information content (AvgIpc) is 3.25. The molecule has 1 saturated heterocycles. The molecule has 1 aromatic heterocycles. The molecule has 3 aromatic rings. The zero-order valence-electron chi connectivity index (χ0n) is 16.8. The number of sulfone groups is 1. The molecule has 2 aromatic carbocycles. The predicted octanol–water partition coefficient (Wildman–Crippen LogP) is 4.88. The summed E-state index contributed by atoms with van der Waals surface area (Å²) >= 11 is 7.19. The number of halogens is 2. The van der Waals surface area contributed by atoms with Crippen LogP contribution in [-0.2, 0) is 16.3 Å². The number of non-ortho nitro benzene ring substituents is 1. The molecule has 1 fully saturated rings. The average molecular weight is 496 g/mol. The zero-order valence-corrected chi connectivity index (χ0v) is 19.2. The second-order valence-electron chi connectivity index (χ2n) is 7.53. The van der Waals surface area contributed by atoms with Crippen molar-refractivity contribution >= 4 is 43.6 Å². The highest BCUT2D eigenvalue weighted by Gasteiger charge is 2.32.